The Morgan fingerprint density at radius 3 is 1.25 bits per heavy atom. The van der Waals surface area contributed by atoms with Gasteiger partial charge < -0.3 is 22.9 Å². The smallest absolute Gasteiger partial charge is 0.0491 e. The zero-order valence-electron chi connectivity index (χ0n) is 5.30. The van der Waals surface area contributed by atoms with Crippen LogP contribution < -0.4 is 22.9 Å². The number of hydrogen-bond donors (Lipinski definition) is 4. The molecule has 0 aliphatic carbocycles. The van der Waals surface area contributed by atoms with Gasteiger partial charge in [-0.3, -0.25) is 0 Å². The highest BCUT2D eigenvalue weighted by atomic mass is 14.8. The minimum absolute atomic E-state index is 0.167. The summed E-state index contributed by atoms with van der Waals surface area (Å²) in [6.07, 6.45) is -0.167. The minimum Gasteiger partial charge on any atom is -0.329 e. The van der Waals surface area contributed by atoms with Crippen LogP contribution in [0.4, 0.5) is 0 Å². The Balaban J connectivity index is 0. The van der Waals surface area contributed by atoms with Crippen LogP contribution in [0.1, 0.15) is 6.92 Å². The Morgan fingerprint density at radius 2 is 1.25 bits per heavy atom. The van der Waals surface area contributed by atoms with Crippen molar-refractivity contribution in [3.8, 4) is 0 Å². The molecular formula is C4H16N4. The second-order valence-electron chi connectivity index (χ2n) is 1.44. The SMILES string of the molecule is CC(N)N.NCCN. The molecule has 0 radical (unpaired) electrons. The van der Waals surface area contributed by atoms with Crippen molar-refractivity contribution in [2.24, 2.45) is 22.9 Å². The second-order valence-corrected chi connectivity index (χ2v) is 1.44. The molecule has 0 spiro atoms. The van der Waals surface area contributed by atoms with E-state index in [1.54, 1.807) is 6.92 Å². The first-order valence-corrected chi connectivity index (χ1v) is 2.56. The molecule has 4 nitrogen and oxygen atoms in total. The van der Waals surface area contributed by atoms with Gasteiger partial charge in [0.2, 0.25) is 0 Å². The summed E-state index contributed by atoms with van der Waals surface area (Å²) in [5.41, 5.74) is 19.6. The third-order valence-electron chi connectivity index (χ3n) is 0.167. The van der Waals surface area contributed by atoms with Gasteiger partial charge in [-0.1, -0.05) is 0 Å². The summed E-state index contributed by atoms with van der Waals surface area (Å²) >= 11 is 0. The Hall–Kier alpha value is -0.160. The molecule has 0 atom stereocenters. The molecule has 0 aromatic rings. The van der Waals surface area contributed by atoms with Gasteiger partial charge in [0.15, 0.2) is 0 Å². The van der Waals surface area contributed by atoms with E-state index < -0.39 is 0 Å². The van der Waals surface area contributed by atoms with Crippen molar-refractivity contribution in [3.63, 3.8) is 0 Å². The Bertz CT molecular complexity index is 24.5. The van der Waals surface area contributed by atoms with E-state index in [1.165, 1.54) is 0 Å². The summed E-state index contributed by atoms with van der Waals surface area (Å²) in [7, 11) is 0. The molecule has 0 unspecified atom stereocenters. The number of nitrogens with two attached hydrogens (primary N) is 4. The first kappa shape index (κ1) is 10.8. The van der Waals surface area contributed by atoms with Crippen molar-refractivity contribution < 1.29 is 0 Å². The molecule has 4 heteroatoms. The molecule has 0 bridgehead atoms. The molecule has 0 aliphatic heterocycles. The van der Waals surface area contributed by atoms with Crippen molar-refractivity contribution in [2.75, 3.05) is 13.1 Å². The highest BCUT2D eigenvalue weighted by Gasteiger charge is 1.66. The quantitative estimate of drug-likeness (QED) is 0.305. The fourth-order valence-electron chi connectivity index (χ4n) is 0. The van der Waals surface area contributed by atoms with Gasteiger partial charge in [-0.05, 0) is 6.92 Å². The highest BCUT2D eigenvalue weighted by Crippen LogP contribution is 1.41. The van der Waals surface area contributed by atoms with Crippen LogP contribution in [0, 0.1) is 0 Å². The molecule has 8 N–H and O–H groups in total. The summed E-state index contributed by atoms with van der Waals surface area (Å²) in [6.45, 7) is 2.92. The molecule has 0 amide bonds. The Kier molecular flexibility index (Phi) is 13.4. The number of rotatable bonds is 1. The Labute approximate surface area is 50.2 Å². The second kappa shape index (κ2) is 9.96. The summed E-state index contributed by atoms with van der Waals surface area (Å²) < 4.78 is 0. The maximum Gasteiger partial charge on any atom is 0.0491 e. The van der Waals surface area contributed by atoms with Crippen molar-refractivity contribution >= 4 is 0 Å². The van der Waals surface area contributed by atoms with Gasteiger partial charge in [-0.25, -0.2) is 0 Å². The van der Waals surface area contributed by atoms with Crippen LogP contribution in [0.3, 0.4) is 0 Å². The van der Waals surface area contributed by atoms with Crippen molar-refractivity contribution in [1.29, 1.82) is 0 Å². The van der Waals surface area contributed by atoms with Gasteiger partial charge in [0.1, 0.15) is 0 Å². The van der Waals surface area contributed by atoms with Gasteiger partial charge in [-0.15, -0.1) is 0 Å². The summed E-state index contributed by atoms with van der Waals surface area (Å²) in [5, 5.41) is 0. The number of hydrogen-bond acceptors (Lipinski definition) is 4. The van der Waals surface area contributed by atoms with Gasteiger partial charge in [-0.2, -0.15) is 0 Å². The molecule has 0 saturated carbocycles. The fourth-order valence-corrected chi connectivity index (χ4v) is 0. The molecule has 0 aromatic carbocycles. The Morgan fingerprint density at radius 1 is 1.12 bits per heavy atom. The topological polar surface area (TPSA) is 104 Å². The van der Waals surface area contributed by atoms with Crippen LogP contribution in [0.2, 0.25) is 0 Å². The molecule has 0 aliphatic rings. The average molecular weight is 120 g/mol. The molecule has 0 saturated heterocycles. The summed E-state index contributed by atoms with van der Waals surface area (Å²) in [4.78, 5) is 0. The molecule has 0 rings (SSSR count). The molecule has 0 heterocycles. The average Bonchev–Trinajstić information content (AvgIpc) is 1.65. The summed E-state index contributed by atoms with van der Waals surface area (Å²) in [5.74, 6) is 0. The maximum atomic E-state index is 4.90. The van der Waals surface area contributed by atoms with Crippen LogP contribution in [0.5, 0.6) is 0 Å². The normalized spacial score (nSPS) is 8.25. The predicted octanol–water partition coefficient (Wildman–Crippen LogP) is -1.85. The fraction of sp³-hybridized carbons (Fsp3) is 1.00. The first-order valence-electron chi connectivity index (χ1n) is 2.56. The van der Waals surface area contributed by atoms with Crippen molar-refractivity contribution in [2.45, 2.75) is 13.1 Å². The van der Waals surface area contributed by atoms with E-state index in [1.807, 2.05) is 0 Å². The maximum absolute atomic E-state index is 4.90. The predicted molar refractivity (Wildman–Crippen MR) is 35.9 cm³/mol. The van der Waals surface area contributed by atoms with E-state index in [0.29, 0.717) is 13.1 Å². The molecule has 0 fully saturated rings. The van der Waals surface area contributed by atoms with Crippen molar-refractivity contribution in [3.05, 3.63) is 0 Å². The third-order valence-corrected chi connectivity index (χ3v) is 0.167. The zero-order valence-corrected chi connectivity index (χ0v) is 5.30. The third kappa shape index (κ3) is 194. The lowest BCUT2D eigenvalue weighted by atomic mass is 10.7. The molecule has 52 valence electrons. The lowest BCUT2D eigenvalue weighted by Gasteiger charge is -1.83. The van der Waals surface area contributed by atoms with Crippen LogP contribution in [-0.2, 0) is 0 Å². The van der Waals surface area contributed by atoms with E-state index in [9.17, 15) is 0 Å². The van der Waals surface area contributed by atoms with E-state index in [2.05, 4.69) is 0 Å². The van der Waals surface area contributed by atoms with Crippen LogP contribution in [0.15, 0.2) is 0 Å². The van der Waals surface area contributed by atoms with Gasteiger partial charge >= 0.3 is 0 Å². The van der Waals surface area contributed by atoms with E-state index in [4.69, 9.17) is 22.9 Å². The van der Waals surface area contributed by atoms with E-state index in [0.717, 1.165) is 0 Å². The molecular weight excluding hydrogens is 104 g/mol. The lowest BCUT2D eigenvalue weighted by Crippen LogP contribution is -2.25. The van der Waals surface area contributed by atoms with Gasteiger partial charge in [0.25, 0.3) is 0 Å². The largest absolute Gasteiger partial charge is 0.329 e. The minimum atomic E-state index is -0.167. The lowest BCUT2D eigenvalue weighted by molar-refractivity contribution is 0.790. The first-order chi connectivity index (χ1) is 3.65. The molecule has 0 aromatic heterocycles. The van der Waals surface area contributed by atoms with Gasteiger partial charge in [0.05, 0.1) is 0 Å². The highest BCUT2D eigenvalue weighted by molar-refractivity contribution is 4.28. The van der Waals surface area contributed by atoms with E-state index >= 15 is 0 Å². The van der Waals surface area contributed by atoms with E-state index in [-0.39, 0.29) is 6.17 Å². The zero-order chi connectivity index (χ0) is 6.99. The van der Waals surface area contributed by atoms with Crippen LogP contribution >= 0.6 is 0 Å². The monoisotopic (exact) mass is 120 g/mol. The van der Waals surface area contributed by atoms with Gasteiger partial charge in [0, 0.05) is 19.3 Å². The standard InChI is InChI=1S/2C2H8N2/c1-2(3)4;3-1-2-4/h2H,3-4H2,1H3;1-4H2. The van der Waals surface area contributed by atoms with Crippen LogP contribution in [-0.4, -0.2) is 19.3 Å². The summed E-state index contributed by atoms with van der Waals surface area (Å²) in [6, 6.07) is 0. The molecule has 8 heavy (non-hydrogen) atoms. The van der Waals surface area contributed by atoms with Crippen molar-refractivity contribution in [1.82, 2.24) is 0 Å². The van der Waals surface area contributed by atoms with Crippen LogP contribution in [0.25, 0.3) is 0 Å².